The molecule has 1 aliphatic heterocycles. The number of rotatable bonds is 3. The number of nitrogens with two attached hydrogens (primary N) is 1. The minimum Gasteiger partial charge on any atom is -0.370 e. The lowest BCUT2D eigenvalue weighted by Crippen LogP contribution is -2.53. The molecule has 0 aliphatic carbocycles. The third-order valence-corrected chi connectivity index (χ3v) is 5.46. The lowest BCUT2D eigenvalue weighted by atomic mass is 10.1. The lowest BCUT2D eigenvalue weighted by Gasteiger charge is -2.40. The van der Waals surface area contributed by atoms with E-state index in [4.69, 9.17) is 10.5 Å². The number of ether oxygens (including phenoxy) is 1. The number of sulfonamides is 1. The molecule has 1 amide bonds. The molecule has 1 fully saturated rings. The van der Waals surface area contributed by atoms with Gasteiger partial charge in [0.1, 0.15) is 0 Å². The number of amides is 1. The predicted octanol–water partition coefficient (Wildman–Crippen LogP) is 1.28. The predicted molar refractivity (Wildman–Crippen MR) is 83.1 cm³/mol. The molecule has 1 heterocycles. The molecule has 1 saturated heterocycles. The van der Waals surface area contributed by atoms with Crippen LogP contribution in [0.25, 0.3) is 0 Å². The summed E-state index contributed by atoms with van der Waals surface area (Å²) in [4.78, 5) is 11.5. The summed E-state index contributed by atoms with van der Waals surface area (Å²) in [5.41, 5.74) is 5.63. The number of primary amides is 1. The van der Waals surface area contributed by atoms with Crippen LogP contribution >= 0.6 is 0 Å². The van der Waals surface area contributed by atoms with Gasteiger partial charge in [-0.05, 0) is 45.4 Å². The maximum atomic E-state index is 12.8. The molecule has 2 rings (SSSR count). The van der Waals surface area contributed by atoms with Gasteiger partial charge in [0, 0.05) is 18.7 Å². The third-order valence-electron chi connectivity index (χ3n) is 3.65. The minimum atomic E-state index is -3.69. The van der Waals surface area contributed by atoms with Crippen molar-refractivity contribution >= 4 is 15.9 Å². The number of nitrogens with zero attached hydrogens (tertiary/aromatic N) is 1. The van der Waals surface area contributed by atoms with E-state index >= 15 is 0 Å². The summed E-state index contributed by atoms with van der Waals surface area (Å²) in [6, 6.07) is 4.45. The molecule has 0 bridgehead atoms. The van der Waals surface area contributed by atoms with Crippen LogP contribution in [0.4, 0.5) is 0 Å². The number of hydrogen-bond donors (Lipinski definition) is 1. The number of hydrogen-bond acceptors (Lipinski definition) is 4. The molecule has 1 atom stereocenters. The molecule has 1 aliphatic rings. The van der Waals surface area contributed by atoms with Gasteiger partial charge in [0.15, 0.2) is 0 Å². The van der Waals surface area contributed by atoms with Crippen molar-refractivity contribution in [3.63, 3.8) is 0 Å². The molecular formula is C15H22N2O4S. The highest BCUT2D eigenvalue weighted by molar-refractivity contribution is 7.89. The van der Waals surface area contributed by atoms with Crippen molar-refractivity contribution in [3.05, 3.63) is 29.3 Å². The third kappa shape index (κ3) is 3.31. The van der Waals surface area contributed by atoms with Crippen LogP contribution in [0.1, 0.15) is 36.7 Å². The number of morpholine rings is 1. The smallest absolute Gasteiger partial charge is 0.249 e. The Morgan fingerprint density at radius 2 is 2.05 bits per heavy atom. The summed E-state index contributed by atoms with van der Waals surface area (Å²) >= 11 is 0. The molecule has 7 heteroatoms. The van der Waals surface area contributed by atoms with Crippen molar-refractivity contribution in [2.75, 3.05) is 13.1 Å². The van der Waals surface area contributed by atoms with E-state index in [1.165, 1.54) is 16.4 Å². The molecule has 0 saturated carbocycles. The summed E-state index contributed by atoms with van der Waals surface area (Å²) in [7, 11) is -3.69. The second-order valence-corrected chi connectivity index (χ2v) is 8.26. The topological polar surface area (TPSA) is 89.7 Å². The normalized spacial score (nSPS) is 22.5. The number of benzene rings is 1. The van der Waals surface area contributed by atoms with Gasteiger partial charge in [-0.15, -0.1) is 0 Å². The monoisotopic (exact) mass is 326 g/mol. The Bertz CT molecular complexity index is 697. The first-order valence-electron chi connectivity index (χ1n) is 7.11. The van der Waals surface area contributed by atoms with Crippen LogP contribution in [0.5, 0.6) is 0 Å². The summed E-state index contributed by atoms with van der Waals surface area (Å²) in [6.07, 6.45) is -0.195. The van der Waals surface area contributed by atoms with E-state index in [1.807, 2.05) is 20.8 Å². The fourth-order valence-corrected chi connectivity index (χ4v) is 4.45. The molecule has 1 aromatic carbocycles. The van der Waals surface area contributed by atoms with Crippen molar-refractivity contribution < 1.29 is 17.9 Å². The van der Waals surface area contributed by atoms with Crippen LogP contribution in [0.2, 0.25) is 0 Å². The molecular weight excluding hydrogens is 304 g/mol. The van der Waals surface area contributed by atoms with Crippen molar-refractivity contribution in [3.8, 4) is 0 Å². The zero-order valence-electron chi connectivity index (χ0n) is 13.3. The van der Waals surface area contributed by atoms with Gasteiger partial charge < -0.3 is 10.5 Å². The summed E-state index contributed by atoms with van der Waals surface area (Å²) in [5.74, 6) is -0.634. The van der Waals surface area contributed by atoms with Gasteiger partial charge in [0.05, 0.1) is 16.6 Å². The van der Waals surface area contributed by atoms with Crippen molar-refractivity contribution in [2.24, 2.45) is 5.73 Å². The van der Waals surface area contributed by atoms with Crippen molar-refractivity contribution in [2.45, 2.75) is 44.3 Å². The first kappa shape index (κ1) is 16.9. The Labute approximate surface area is 131 Å². The van der Waals surface area contributed by atoms with Gasteiger partial charge in [-0.2, -0.15) is 4.31 Å². The molecule has 1 aromatic rings. The van der Waals surface area contributed by atoms with E-state index in [2.05, 4.69) is 0 Å². The van der Waals surface area contributed by atoms with Crippen LogP contribution in [0, 0.1) is 6.92 Å². The summed E-state index contributed by atoms with van der Waals surface area (Å²) < 4.78 is 32.8. The largest absolute Gasteiger partial charge is 0.370 e. The Kier molecular flexibility index (Phi) is 4.34. The first-order valence-corrected chi connectivity index (χ1v) is 8.55. The SMILES string of the molecule is Cc1ccc(S(=O)(=O)N2CC(C)OC(C)(C)C2)cc1C(N)=O. The molecule has 0 spiro atoms. The van der Waals surface area contributed by atoms with Gasteiger partial charge in [-0.25, -0.2) is 8.42 Å². The lowest BCUT2D eigenvalue weighted by molar-refractivity contribution is -0.109. The second-order valence-electron chi connectivity index (χ2n) is 6.33. The zero-order valence-corrected chi connectivity index (χ0v) is 14.1. The fraction of sp³-hybridized carbons (Fsp3) is 0.533. The zero-order chi connectivity index (χ0) is 16.7. The van der Waals surface area contributed by atoms with Crippen molar-refractivity contribution in [1.29, 1.82) is 0 Å². The molecule has 0 radical (unpaired) electrons. The van der Waals surface area contributed by atoms with E-state index < -0.39 is 21.5 Å². The van der Waals surface area contributed by atoms with Gasteiger partial charge in [-0.3, -0.25) is 4.79 Å². The summed E-state index contributed by atoms with van der Waals surface area (Å²) in [5, 5.41) is 0. The molecule has 6 nitrogen and oxygen atoms in total. The first-order chi connectivity index (χ1) is 10.0. The van der Waals surface area contributed by atoms with Gasteiger partial charge in [0.2, 0.25) is 15.9 Å². The average molecular weight is 326 g/mol. The van der Waals surface area contributed by atoms with Gasteiger partial charge in [0.25, 0.3) is 0 Å². The standard InChI is InChI=1S/C15H22N2O4S/c1-10-5-6-12(7-13(10)14(16)18)22(19,20)17-8-11(2)21-15(3,4)9-17/h5-7,11H,8-9H2,1-4H3,(H2,16,18). The quantitative estimate of drug-likeness (QED) is 0.906. The molecule has 22 heavy (non-hydrogen) atoms. The number of aryl methyl sites for hydroxylation is 1. The van der Waals surface area contributed by atoms with Crippen LogP contribution in [0.3, 0.4) is 0 Å². The Hall–Kier alpha value is -1.44. The van der Waals surface area contributed by atoms with E-state index in [1.54, 1.807) is 13.0 Å². The Morgan fingerprint density at radius 3 is 2.59 bits per heavy atom. The van der Waals surface area contributed by atoms with Crippen LogP contribution in [-0.2, 0) is 14.8 Å². The highest BCUT2D eigenvalue weighted by Crippen LogP contribution is 2.27. The summed E-state index contributed by atoms with van der Waals surface area (Å²) in [6.45, 7) is 7.82. The highest BCUT2D eigenvalue weighted by atomic mass is 32.2. The van der Waals surface area contributed by atoms with E-state index in [9.17, 15) is 13.2 Å². The molecule has 0 aromatic heterocycles. The molecule has 122 valence electrons. The Balaban J connectivity index is 2.42. The van der Waals surface area contributed by atoms with E-state index in [0.29, 0.717) is 5.56 Å². The average Bonchev–Trinajstić information content (AvgIpc) is 2.36. The fourth-order valence-electron chi connectivity index (χ4n) is 2.75. The second kappa shape index (κ2) is 5.64. The Morgan fingerprint density at radius 1 is 1.41 bits per heavy atom. The number of carbonyl (C=O) groups is 1. The van der Waals surface area contributed by atoms with E-state index in [0.717, 1.165) is 0 Å². The molecule has 1 unspecified atom stereocenters. The molecule has 2 N–H and O–H groups in total. The van der Waals surface area contributed by atoms with Crippen LogP contribution in [-0.4, -0.2) is 43.4 Å². The van der Waals surface area contributed by atoms with Crippen molar-refractivity contribution in [1.82, 2.24) is 4.31 Å². The number of carbonyl (C=O) groups excluding carboxylic acids is 1. The maximum Gasteiger partial charge on any atom is 0.249 e. The highest BCUT2D eigenvalue weighted by Gasteiger charge is 2.38. The van der Waals surface area contributed by atoms with Gasteiger partial charge >= 0.3 is 0 Å². The van der Waals surface area contributed by atoms with Crippen LogP contribution in [0.15, 0.2) is 23.1 Å². The van der Waals surface area contributed by atoms with E-state index in [-0.39, 0.29) is 29.7 Å². The van der Waals surface area contributed by atoms with Gasteiger partial charge in [-0.1, -0.05) is 6.07 Å². The van der Waals surface area contributed by atoms with Crippen LogP contribution < -0.4 is 5.73 Å². The minimum absolute atomic E-state index is 0.0804. The maximum absolute atomic E-state index is 12.8.